The van der Waals surface area contributed by atoms with Crippen LogP contribution in [0.5, 0.6) is 0 Å². The van der Waals surface area contributed by atoms with E-state index in [0.29, 0.717) is 6.54 Å². The van der Waals surface area contributed by atoms with E-state index >= 15 is 0 Å². The molecule has 0 radical (unpaired) electrons. The lowest BCUT2D eigenvalue weighted by atomic mass is 9.83. The van der Waals surface area contributed by atoms with Crippen molar-refractivity contribution in [3.05, 3.63) is 71.2 Å². The molecule has 0 fully saturated rings. The Morgan fingerprint density at radius 2 is 1.88 bits per heavy atom. The number of carbonyl (C=O) groups excluding carboxylic acids is 1. The number of allylic oxidation sites excluding steroid dienone is 2. The first-order valence-electron chi connectivity index (χ1n) is 8.35. The molecule has 1 aromatic carbocycles. The molecular formula is C21H25ClN2O. The molecule has 3 rings (SSSR count). The normalized spacial score (nSPS) is 16.5. The van der Waals surface area contributed by atoms with Gasteiger partial charge in [0, 0.05) is 49.0 Å². The number of nitrogens with zero attached hydrogens (tertiary/aromatic N) is 2. The topological polar surface area (TPSA) is 24.2 Å². The van der Waals surface area contributed by atoms with Crippen molar-refractivity contribution in [2.45, 2.75) is 39.7 Å². The summed E-state index contributed by atoms with van der Waals surface area (Å²) in [4.78, 5) is 14.8. The second kappa shape index (κ2) is 7.01. The fourth-order valence-corrected chi connectivity index (χ4v) is 3.59. The van der Waals surface area contributed by atoms with Crippen molar-refractivity contribution in [2.75, 3.05) is 11.9 Å². The summed E-state index contributed by atoms with van der Waals surface area (Å²) in [6.07, 6.45) is 3.80. The van der Waals surface area contributed by atoms with E-state index in [4.69, 9.17) is 0 Å². The van der Waals surface area contributed by atoms with Gasteiger partial charge in [-0.1, -0.05) is 32.0 Å². The molecule has 0 aliphatic carbocycles. The summed E-state index contributed by atoms with van der Waals surface area (Å²) in [7, 11) is 2.04. The average molecular weight is 357 g/mol. The molecule has 0 bridgehead atoms. The molecule has 3 nitrogen and oxygen atoms in total. The molecule has 1 aromatic heterocycles. The van der Waals surface area contributed by atoms with Crippen LogP contribution in [0.25, 0.3) is 0 Å². The maximum Gasteiger partial charge on any atom is 0.222 e. The third kappa shape index (κ3) is 3.47. The van der Waals surface area contributed by atoms with Crippen molar-refractivity contribution < 1.29 is 21.8 Å². The highest BCUT2D eigenvalue weighted by atomic mass is 35.5. The fourth-order valence-electron chi connectivity index (χ4n) is 3.59. The fraction of sp³-hybridized carbons (Fsp3) is 0.333. The number of para-hydroxylation sites is 1. The monoisotopic (exact) mass is 356 g/mol. The lowest BCUT2D eigenvalue weighted by Gasteiger charge is -2.23. The average Bonchev–Trinajstić information content (AvgIpc) is 2.72. The van der Waals surface area contributed by atoms with Crippen molar-refractivity contribution in [2.24, 2.45) is 0 Å². The Morgan fingerprint density at radius 3 is 2.52 bits per heavy atom. The largest absolute Gasteiger partial charge is 1.00 e. The van der Waals surface area contributed by atoms with Gasteiger partial charge in [-0.2, -0.15) is 4.57 Å². The van der Waals surface area contributed by atoms with Gasteiger partial charge >= 0.3 is 0 Å². The third-order valence-electron chi connectivity index (χ3n) is 4.97. The summed E-state index contributed by atoms with van der Waals surface area (Å²) in [5.74, 6) is 0.120. The SMILES string of the molecule is Cc1cc[n+](CC(=O)/C=C2\N(C)c3ccccc3C2(C)C)c(C)c1.[Cl-]. The molecule has 2 aromatic rings. The zero-order valence-electron chi connectivity index (χ0n) is 15.5. The van der Waals surface area contributed by atoms with Crippen LogP contribution in [0.4, 0.5) is 5.69 Å². The molecule has 0 N–H and O–H groups in total. The van der Waals surface area contributed by atoms with Gasteiger partial charge in [0.05, 0.1) is 0 Å². The molecule has 1 aliphatic heterocycles. The van der Waals surface area contributed by atoms with Crippen LogP contribution in [0.1, 0.15) is 30.7 Å². The zero-order valence-corrected chi connectivity index (χ0v) is 16.3. The highest BCUT2D eigenvalue weighted by Gasteiger charge is 2.38. The second-order valence-electron chi connectivity index (χ2n) is 7.17. The molecule has 0 spiro atoms. The van der Waals surface area contributed by atoms with Crippen molar-refractivity contribution in [1.29, 1.82) is 0 Å². The van der Waals surface area contributed by atoms with Gasteiger partial charge in [-0.3, -0.25) is 4.79 Å². The quantitative estimate of drug-likeness (QED) is 0.590. The molecule has 25 heavy (non-hydrogen) atoms. The van der Waals surface area contributed by atoms with E-state index in [1.165, 1.54) is 16.8 Å². The summed E-state index contributed by atoms with van der Waals surface area (Å²) in [5, 5.41) is 0. The van der Waals surface area contributed by atoms with E-state index in [1.54, 1.807) is 0 Å². The smallest absolute Gasteiger partial charge is 0.222 e. The van der Waals surface area contributed by atoms with Crippen LogP contribution in [0.15, 0.2) is 54.4 Å². The number of halogens is 1. The number of aryl methyl sites for hydroxylation is 2. The van der Waals surface area contributed by atoms with E-state index in [9.17, 15) is 4.79 Å². The van der Waals surface area contributed by atoms with Crippen molar-refractivity contribution in [1.82, 2.24) is 0 Å². The minimum absolute atomic E-state index is 0. The van der Waals surface area contributed by atoms with Crippen LogP contribution in [0.2, 0.25) is 0 Å². The maximum absolute atomic E-state index is 12.7. The number of hydrogen-bond donors (Lipinski definition) is 0. The minimum Gasteiger partial charge on any atom is -1.00 e. The zero-order chi connectivity index (χ0) is 17.5. The van der Waals surface area contributed by atoms with Gasteiger partial charge in [0.25, 0.3) is 0 Å². The number of fused-ring (bicyclic) bond motifs is 1. The molecular weight excluding hydrogens is 332 g/mol. The number of carbonyl (C=O) groups is 1. The highest BCUT2D eigenvalue weighted by Crippen LogP contribution is 2.46. The van der Waals surface area contributed by atoms with Gasteiger partial charge in [0.1, 0.15) is 0 Å². The van der Waals surface area contributed by atoms with Gasteiger partial charge in [0.15, 0.2) is 11.9 Å². The Labute approximate surface area is 156 Å². The van der Waals surface area contributed by atoms with Gasteiger partial charge in [-0.25, -0.2) is 0 Å². The van der Waals surface area contributed by atoms with E-state index in [1.807, 2.05) is 42.9 Å². The molecule has 0 amide bonds. The van der Waals surface area contributed by atoms with Crippen molar-refractivity contribution in [3.8, 4) is 0 Å². The number of ketones is 1. The lowest BCUT2D eigenvalue weighted by molar-refractivity contribution is -0.689. The van der Waals surface area contributed by atoms with Crippen LogP contribution >= 0.6 is 0 Å². The predicted molar refractivity (Wildman–Crippen MR) is 97.1 cm³/mol. The van der Waals surface area contributed by atoms with Crippen LogP contribution in [-0.2, 0) is 16.8 Å². The summed E-state index contributed by atoms with van der Waals surface area (Å²) in [5.41, 5.74) is 5.66. The molecule has 2 heterocycles. The Hall–Kier alpha value is -2.13. The molecule has 0 unspecified atom stereocenters. The minimum atomic E-state index is -0.159. The Balaban J connectivity index is 0.00000225. The first-order valence-corrected chi connectivity index (χ1v) is 8.35. The summed E-state index contributed by atoms with van der Waals surface area (Å²) < 4.78 is 2.00. The highest BCUT2D eigenvalue weighted by molar-refractivity contribution is 5.91. The van der Waals surface area contributed by atoms with E-state index in [0.717, 1.165) is 11.4 Å². The Bertz CT molecular complexity index is 840. The number of anilines is 1. The summed E-state index contributed by atoms with van der Waals surface area (Å²) in [6.45, 7) is 8.83. The van der Waals surface area contributed by atoms with Gasteiger partial charge in [-0.05, 0) is 24.1 Å². The third-order valence-corrected chi connectivity index (χ3v) is 4.97. The van der Waals surface area contributed by atoms with Crippen LogP contribution < -0.4 is 21.9 Å². The standard InChI is InChI=1S/C21H25N2O.ClH/c1-15-10-11-23(16(2)12-15)14-17(24)13-20-21(3,4)18-8-6-7-9-19(18)22(20)5;/h6-13H,14H2,1-5H3;1H/q+1;/p-1/b20-13-;. The van der Waals surface area contributed by atoms with Crippen molar-refractivity contribution >= 4 is 11.5 Å². The number of pyridine rings is 1. The molecule has 0 saturated heterocycles. The van der Waals surface area contributed by atoms with E-state index in [-0.39, 0.29) is 23.6 Å². The first-order chi connectivity index (χ1) is 11.3. The van der Waals surface area contributed by atoms with E-state index < -0.39 is 0 Å². The number of rotatable bonds is 3. The lowest BCUT2D eigenvalue weighted by Crippen LogP contribution is -3.00. The van der Waals surface area contributed by atoms with Crippen molar-refractivity contribution in [3.63, 3.8) is 0 Å². The predicted octanol–water partition coefficient (Wildman–Crippen LogP) is 0.476. The number of aromatic nitrogens is 1. The molecule has 0 atom stereocenters. The number of likely N-dealkylation sites (N-methyl/N-ethyl adjacent to an activating group) is 1. The molecule has 132 valence electrons. The number of benzene rings is 1. The van der Waals surface area contributed by atoms with Gasteiger partial charge < -0.3 is 17.3 Å². The summed E-state index contributed by atoms with van der Waals surface area (Å²) in [6, 6.07) is 12.5. The van der Waals surface area contributed by atoms with Gasteiger partial charge in [-0.15, -0.1) is 0 Å². The first kappa shape index (κ1) is 19.2. The van der Waals surface area contributed by atoms with Crippen LogP contribution in [-0.4, -0.2) is 12.8 Å². The van der Waals surface area contributed by atoms with Gasteiger partial charge in [0.2, 0.25) is 12.3 Å². The van der Waals surface area contributed by atoms with Crippen LogP contribution in [0.3, 0.4) is 0 Å². The second-order valence-corrected chi connectivity index (χ2v) is 7.17. The molecule has 1 aliphatic rings. The Morgan fingerprint density at radius 1 is 1.20 bits per heavy atom. The maximum atomic E-state index is 12.7. The van der Waals surface area contributed by atoms with E-state index in [2.05, 4.69) is 49.9 Å². The summed E-state index contributed by atoms with van der Waals surface area (Å²) >= 11 is 0. The number of hydrogen-bond acceptors (Lipinski definition) is 2. The Kier molecular flexibility index (Phi) is 5.38. The molecule has 4 heteroatoms. The molecule has 0 saturated carbocycles. The van der Waals surface area contributed by atoms with Crippen LogP contribution in [0, 0.1) is 13.8 Å².